The zero-order valence-electron chi connectivity index (χ0n) is 11.6. The topological polar surface area (TPSA) is 54.4 Å². The highest BCUT2D eigenvalue weighted by Crippen LogP contribution is 2.24. The summed E-state index contributed by atoms with van der Waals surface area (Å²) in [6.07, 6.45) is 3.08. The highest BCUT2D eigenvalue weighted by Gasteiger charge is 2.18. The minimum absolute atomic E-state index is 0.0411. The summed E-state index contributed by atoms with van der Waals surface area (Å²) in [7, 11) is 0. The molecule has 1 atom stereocenters. The van der Waals surface area contributed by atoms with Crippen molar-refractivity contribution in [2.45, 2.75) is 39.5 Å². The lowest BCUT2D eigenvalue weighted by atomic mass is 9.96. The van der Waals surface area contributed by atoms with E-state index in [9.17, 15) is 14.0 Å². The standard InChI is InChI=1S/C15H18ClFO3/c1-3-4-9(2)5-6-14(18)10-7-11(15(19)20)13(17)8-12(10)16/h7-9H,3-6H2,1-2H3,(H,19,20). The van der Waals surface area contributed by atoms with Gasteiger partial charge in [-0.3, -0.25) is 4.79 Å². The van der Waals surface area contributed by atoms with Crippen molar-refractivity contribution < 1.29 is 19.1 Å². The molecule has 0 amide bonds. The van der Waals surface area contributed by atoms with Gasteiger partial charge in [-0.2, -0.15) is 0 Å². The Hall–Kier alpha value is -1.42. The van der Waals surface area contributed by atoms with Crippen LogP contribution in [0.1, 0.15) is 60.2 Å². The van der Waals surface area contributed by atoms with Crippen molar-refractivity contribution >= 4 is 23.4 Å². The number of rotatable bonds is 7. The molecule has 0 spiro atoms. The number of aromatic carboxylic acids is 1. The van der Waals surface area contributed by atoms with Gasteiger partial charge in [-0.05, 0) is 24.5 Å². The molecule has 1 aromatic carbocycles. The summed E-state index contributed by atoms with van der Waals surface area (Å²) in [6, 6.07) is 1.90. The lowest BCUT2D eigenvalue weighted by molar-refractivity contribution is 0.0692. The van der Waals surface area contributed by atoms with Gasteiger partial charge in [0.2, 0.25) is 0 Å². The van der Waals surface area contributed by atoms with Gasteiger partial charge in [0.25, 0.3) is 0 Å². The summed E-state index contributed by atoms with van der Waals surface area (Å²) >= 11 is 5.82. The molecule has 1 aromatic rings. The van der Waals surface area contributed by atoms with Crippen molar-refractivity contribution in [2.24, 2.45) is 5.92 Å². The normalized spacial score (nSPS) is 12.2. The number of ketones is 1. The molecule has 0 aromatic heterocycles. The first-order valence-corrected chi connectivity index (χ1v) is 7.00. The van der Waals surface area contributed by atoms with E-state index in [-0.39, 0.29) is 22.8 Å². The minimum Gasteiger partial charge on any atom is -0.478 e. The monoisotopic (exact) mass is 300 g/mol. The molecule has 1 rings (SSSR count). The molecule has 0 fully saturated rings. The average molecular weight is 301 g/mol. The molecule has 0 aliphatic carbocycles. The highest BCUT2D eigenvalue weighted by molar-refractivity contribution is 6.34. The van der Waals surface area contributed by atoms with Gasteiger partial charge in [-0.25, -0.2) is 9.18 Å². The second-order valence-corrected chi connectivity index (χ2v) is 5.38. The summed E-state index contributed by atoms with van der Waals surface area (Å²) in [4.78, 5) is 22.9. The first-order chi connectivity index (χ1) is 9.36. The van der Waals surface area contributed by atoms with Crippen molar-refractivity contribution in [3.8, 4) is 0 Å². The highest BCUT2D eigenvalue weighted by atomic mass is 35.5. The molecule has 0 aliphatic heterocycles. The van der Waals surface area contributed by atoms with E-state index in [2.05, 4.69) is 13.8 Å². The molecule has 0 saturated carbocycles. The van der Waals surface area contributed by atoms with Crippen LogP contribution in [0.15, 0.2) is 12.1 Å². The molecule has 0 bridgehead atoms. The molecule has 0 heterocycles. The first kappa shape index (κ1) is 16.6. The maximum Gasteiger partial charge on any atom is 0.338 e. The molecule has 20 heavy (non-hydrogen) atoms. The second kappa shape index (κ2) is 7.39. The fourth-order valence-electron chi connectivity index (χ4n) is 2.08. The predicted octanol–water partition coefficient (Wildman–Crippen LogP) is 4.58. The summed E-state index contributed by atoms with van der Waals surface area (Å²) in [6.45, 7) is 4.14. The maximum atomic E-state index is 13.4. The third-order valence-corrected chi connectivity index (χ3v) is 3.55. The molecule has 0 aliphatic rings. The molecule has 1 N–H and O–H groups in total. The lowest BCUT2D eigenvalue weighted by Gasteiger charge is -2.10. The second-order valence-electron chi connectivity index (χ2n) is 4.97. The molecule has 110 valence electrons. The van der Waals surface area contributed by atoms with Gasteiger partial charge in [0.1, 0.15) is 5.82 Å². The van der Waals surface area contributed by atoms with E-state index < -0.39 is 17.3 Å². The van der Waals surface area contributed by atoms with Crippen molar-refractivity contribution in [3.63, 3.8) is 0 Å². The number of Topliss-reactive ketones (excluding diaryl/α,β-unsaturated/α-hetero) is 1. The summed E-state index contributed by atoms with van der Waals surface area (Å²) in [5.74, 6) is -2.17. The quantitative estimate of drug-likeness (QED) is 0.750. The van der Waals surface area contributed by atoms with Gasteiger partial charge in [0.15, 0.2) is 5.78 Å². The Morgan fingerprint density at radius 2 is 1.95 bits per heavy atom. The number of carboxylic acid groups (broad SMARTS) is 1. The minimum atomic E-state index is -1.41. The Kier molecular flexibility index (Phi) is 6.14. The van der Waals surface area contributed by atoms with E-state index >= 15 is 0 Å². The van der Waals surface area contributed by atoms with Crippen molar-refractivity contribution in [3.05, 3.63) is 34.1 Å². The average Bonchev–Trinajstić information content (AvgIpc) is 2.36. The molecule has 0 radical (unpaired) electrons. The lowest BCUT2D eigenvalue weighted by Crippen LogP contribution is -2.08. The van der Waals surface area contributed by atoms with Gasteiger partial charge in [-0.15, -0.1) is 0 Å². The van der Waals surface area contributed by atoms with Crippen molar-refractivity contribution in [1.29, 1.82) is 0 Å². The molecule has 3 nitrogen and oxygen atoms in total. The van der Waals surface area contributed by atoms with E-state index in [4.69, 9.17) is 16.7 Å². The van der Waals surface area contributed by atoms with Gasteiger partial charge >= 0.3 is 5.97 Å². The van der Waals surface area contributed by atoms with E-state index in [1.807, 2.05) is 0 Å². The Labute approximate surface area is 122 Å². The van der Waals surface area contributed by atoms with Crippen LogP contribution in [-0.4, -0.2) is 16.9 Å². The number of hydrogen-bond acceptors (Lipinski definition) is 2. The van der Waals surface area contributed by atoms with Gasteiger partial charge in [0.05, 0.1) is 10.6 Å². The third kappa shape index (κ3) is 4.30. The number of carbonyl (C=O) groups is 2. The van der Waals surface area contributed by atoms with Crippen molar-refractivity contribution in [2.75, 3.05) is 0 Å². The number of halogens is 2. The SMILES string of the molecule is CCCC(C)CCC(=O)c1cc(C(=O)O)c(F)cc1Cl. The van der Waals surface area contributed by atoms with Crippen LogP contribution in [0.4, 0.5) is 4.39 Å². The zero-order valence-corrected chi connectivity index (χ0v) is 12.3. The Morgan fingerprint density at radius 1 is 1.30 bits per heavy atom. The van der Waals surface area contributed by atoms with Crippen LogP contribution in [0.25, 0.3) is 0 Å². The number of hydrogen-bond donors (Lipinski definition) is 1. The van der Waals surface area contributed by atoms with Crippen LogP contribution >= 0.6 is 11.6 Å². The molecule has 1 unspecified atom stereocenters. The van der Waals surface area contributed by atoms with Crippen molar-refractivity contribution in [1.82, 2.24) is 0 Å². The van der Waals surface area contributed by atoms with Crippen LogP contribution in [0.2, 0.25) is 5.02 Å². The van der Waals surface area contributed by atoms with E-state index in [1.165, 1.54) is 0 Å². The largest absolute Gasteiger partial charge is 0.478 e. The fourth-order valence-corrected chi connectivity index (χ4v) is 2.33. The van der Waals surface area contributed by atoms with Gasteiger partial charge in [-0.1, -0.05) is 38.3 Å². The molecular formula is C15H18ClFO3. The number of carboxylic acids is 1. The van der Waals surface area contributed by atoms with Crippen LogP contribution in [-0.2, 0) is 0 Å². The first-order valence-electron chi connectivity index (χ1n) is 6.62. The predicted molar refractivity (Wildman–Crippen MR) is 76.0 cm³/mol. The van der Waals surface area contributed by atoms with Crippen LogP contribution in [0, 0.1) is 11.7 Å². The summed E-state index contributed by atoms with van der Waals surface area (Å²) in [5.41, 5.74) is -0.450. The molecule has 0 saturated heterocycles. The Balaban J connectivity index is 2.87. The third-order valence-electron chi connectivity index (χ3n) is 3.23. The van der Waals surface area contributed by atoms with Crippen LogP contribution < -0.4 is 0 Å². The van der Waals surface area contributed by atoms with E-state index in [1.54, 1.807) is 0 Å². The summed E-state index contributed by atoms with van der Waals surface area (Å²) in [5, 5.41) is 8.82. The molecule has 5 heteroatoms. The Bertz CT molecular complexity index is 514. The maximum absolute atomic E-state index is 13.4. The van der Waals surface area contributed by atoms with Gasteiger partial charge < -0.3 is 5.11 Å². The van der Waals surface area contributed by atoms with E-state index in [0.717, 1.165) is 25.0 Å². The number of carbonyl (C=O) groups excluding carboxylic acids is 1. The smallest absolute Gasteiger partial charge is 0.338 e. The molecular weight excluding hydrogens is 283 g/mol. The summed E-state index contributed by atoms with van der Waals surface area (Å²) < 4.78 is 13.4. The van der Waals surface area contributed by atoms with E-state index in [0.29, 0.717) is 12.3 Å². The zero-order chi connectivity index (χ0) is 15.3. The van der Waals surface area contributed by atoms with Gasteiger partial charge in [0, 0.05) is 12.0 Å². The fraction of sp³-hybridized carbons (Fsp3) is 0.467. The number of benzene rings is 1. The van der Waals surface area contributed by atoms with Crippen LogP contribution in [0.3, 0.4) is 0 Å². The Morgan fingerprint density at radius 3 is 2.50 bits per heavy atom. The van der Waals surface area contributed by atoms with Crippen LogP contribution in [0.5, 0.6) is 0 Å².